The first-order valence-corrected chi connectivity index (χ1v) is 13.4. The molecule has 1 aromatic heterocycles. The van der Waals surface area contributed by atoms with Crippen LogP contribution >= 0.6 is 0 Å². The van der Waals surface area contributed by atoms with Gasteiger partial charge in [-0.25, -0.2) is 9.78 Å². The molecule has 1 aliphatic rings. The van der Waals surface area contributed by atoms with Gasteiger partial charge in [-0.2, -0.15) is 18.2 Å². The fourth-order valence-corrected chi connectivity index (χ4v) is 4.33. The Bertz CT molecular complexity index is 1030. The van der Waals surface area contributed by atoms with Crippen LogP contribution in [0.1, 0.15) is 63.6 Å². The van der Waals surface area contributed by atoms with Crippen LogP contribution in [0, 0.1) is 18.8 Å². The summed E-state index contributed by atoms with van der Waals surface area (Å²) in [4.78, 5) is 31.1. The molecule has 216 valence electrons. The zero-order valence-electron chi connectivity index (χ0n) is 22.9. The lowest BCUT2D eigenvalue weighted by Crippen LogP contribution is -2.41. The molecule has 1 atom stereocenters. The Kier molecular flexibility index (Phi) is 13.0. The molecule has 2 aromatic rings. The van der Waals surface area contributed by atoms with Crippen molar-refractivity contribution < 1.29 is 27.9 Å². The molecule has 1 aromatic carbocycles. The third-order valence-electron chi connectivity index (χ3n) is 6.27. The fourth-order valence-electron chi connectivity index (χ4n) is 4.33. The van der Waals surface area contributed by atoms with Crippen LogP contribution < -0.4 is 16.0 Å². The van der Waals surface area contributed by atoms with E-state index in [1.165, 1.54) is 37.7 Å². The molecule has 1 fully saturated rings. The van der Waals surface area contributed by atoms with Gasteiger partial charge in [-0.1, -0.05) is 63.4 Å². The third-order valence-corrected chi connectivity index (χ3v) is 6.27. The van der Waals surface area contributed by atoms with E-state index < -0.39 is 12.1 Å². The van der Waals surface area contributed by atoms with Gasteiger partial charge < -0.3 is 21.1 Å². The molecule has 0 saturated heterocycles. The smallest absolute Gasteiger partial charge is 0.475 e. The summed E-state index contributed by atoms with van der Waals surface area (Å²) in [6.45, 7) is 7.77. The Labute approximate surface area is 228 Å². The van der Waals surface area contributed by atoms with E-state index in [0.29, 0.717) is 30.1 Å². The number of aryl methyl sites for hydroxylation is 1. The standard InChI is InChI=1S/C26H39N5O.C2HF3O2/c1-19(2)16-23(25(32)27-15-14-21-10-6-4-7-11-21)30-24-17-20(3)29-26(31-24)28-18-22-12-8-5-9-13-22;3-2(4,5)1(6)7/h4,6-7,10-11,17,19,22-23H,5,8-9,12-16,18H2,1-3H3,(H,27,32)(H2,28,29,30,31);(H,6,7)/t23-;/m0./s1. The first-order valence-electron chi connectivity index (χ1n) is 13.4. The van der Waals surface area contributed by atoms with Gasteiger partial charge in [-0.15, -0.1) is 0 Å². The highest BCUT2D eigenvalue weighted by atomic mass is 19.4. The molecule has 1 saturated carbocycles. The number of carbonyl (C=O) groups excluding carboxylic acids is 1. The summed E-state index contributed by atoms with van der Waals surface area (Å²) in [6, 6.07) is 11.8. The van der Waals surface area contributed by atoms with Gasteiger partial charge in [0.2, 0.25) is 11.9 Å². The van der Waals surface area contributed by atoms with Gasteiger partial charge in [0.15, 0.2) is 0 Å². The molecule has 1 aliphatic carbocycles. The number of halogens is 3. The van der Waals surface area contributed by atoms with Crippen molar-refractivity contribution in [1.82, 2.24) is 15.3 Å². The molecule has 0 aliphatic heterocycles. The minimum atomic E-state index is -5.08. The highest BCUT2D eigenvalue weighted by Gasteiger charge is 2.38. The SMILES string of the molecule is Cc1cc(N[C@@H](CC(C)C)C(=O)NCCc2ccccc2)nc(NCC2CCCCC2)n1.O=C(O)C(F)(F)F. The summed E-state index contributed by atoms with van der Waals surface area (Å²) >= 11 is 0. The zero-order valence-corrected chi connectivity index (χ0v) is 22.9. The second-order valence-corrected chi connectivity index (χ2v) is 10.3. The second-order valence-electron chi connectivity index (χ2n) is 10.3. The van der Waals surface area contributed by atoms with Crippen molar-refractivity contribution in [3.63, 3.8) is 0 Å². The van der Waals surface area contributed by atoms with Gasteiger partial charge in [0.05, 0.1) is 0 Å². The Morgan fingerprint density at radius 2 is 1.72 bits per heavy atom. The lowest BCUT2D eigenvalue weighted by molar-refractivity contribution is -0.192. The molecular formula is C28H40F3N5O3. The van der Waals surface area contributed by atoms with Crippen LogP contribution in [0.5, 0.6) is 0 Å². The molecule has 0 spiro atoms. The van der Waals surface area contributed by atoms with Crippen molar-refractivity contribution in [1.29, 1.82) is 0 Å². The van der Waals surface area contributed by atoms with Gasteiger partial charge >= 0.3 is 12.1 Å². The number of alkyl halides is 3. The van der Waals surface area contributed by atoms with E-state index in [4.69, 9.17) is 9.90 Å². The lowest BCUT2D eigenvalue weighted by Gasteiger charge is -2.23. The number of amides is 1. The van der Waals surface area contributed by atoms with E-state index in [0.717, 1.165) is 25.1 Å². The van der Waals surface area contributed by atoms with Gasteiger partial charge in [-0.3, -0.25) is 4.79 Å². The van der Waals surface area contributed by atoms with Crippen molar-refractivity contribution in [2.45, 2.75) is 77.9 Å². The summed E-state index contributed by atoms with van der Waals surface area (Å²) in [5.74, 6) is -0.305. The predicted molar refractivity (Wildman–Crippen MR) is 146 cm³/mol. The number of hydrogen-bond acceptors (Lipinski definition) is 6. The minimum Gasteiger partial charge on any atom is -0.475 e. The van der Waals surface area contributed by atoms with Crippen LogP contribution in [0.25, 0.3) is 0 Å². The van der Waals surface area contributed by atoms with Crippen molar-refractivity contribution in [2.24, 2.45) is 11.8 Å². The quantitative estimate of drug-likeness (QED) is 0.287. The number of carbonyl (C=O) groups is 2. The average Bonchev–Trinajstić information content (AvgIpc) is 2.87. The number of anilines is 2. The molecule has 1 amide bonds. The fraction of sp³-hybridized carbons (Fsp3) is 0.571. The van der Waals surface area contributed by atoms with Gasteiger partial charge in [0, 0.05) is 24.8 Å². The van der Waals surface area contributed by atoms with Crippen LogP contribution in [0.15, 0.2) is 36.4 Å². The summed E-state index contributed by atoms with van der Waals surface area (Å²) in [7, 11) is 0. The number of carboxylic acids is 1. The molecule has 0 unspecified atom stereocenters. The highest BCUT2D eigenvalue weighted by molar-refractivity contribution is 5.84. The van der Waals surface area contributed by atoms with Crippen LogP contribution in [-0.2, 0) is 16.0 Å². The van der Waals surface area contributed by atoms with Crippen LogP contribution in [0.2, 0.25) is 0 Å². The number of nitrogens with one attached hydrogen (secondary N) is 3. The number of rotatable bonds is 11. The normalized spacial score (nSPS) is 14.6. The summed E-state index contributed by atoms with van der Waals surface area (Å²) < 4.78 is 31.7. The second kappa shape index (κ2) is 15.9. The Balaban J connectivity index is 0.000000673. The molecule has 4 N–H and O–H groups in total. The van der Waals surface area contributed by atoms with Crippen molar-refractivity contribution in [2.75, 3.05) is 23.7 Å². The van der Waals surface area contributed by atoms with Crippen molar-refractivity contribution in [3.8, 4) is 0 Å². The first kappa shape index (κ1) is 31.8. The van der Waals surface area contributed by atoms with Crippen LogP contribution in [-0.4, -0.2) is 52.3 Å². The maximum Gasteiger partial charge on any atom is 0.490 e. The maximum absolute atomic E-state index is 12.9. The molecule has 1 heterocycles. The first-order chi connectivity index (χ1) is 18.4. The van der Waals surface area contributed by atoms with Crippen molar-refractivity contribution in [3.05, 3.63) is 47.7 Å². The van der Waals surface area contributed by atoms with E-state index in [1.54, 1.807) is 0 Å². The average molecular weight is 552 g/mol. The van der Waals surface area contributed by atoms with E-state index >= 15 is 0 Å². The zero-order chi connectivity index (χ0) is 28.8. The number of benzene rings is 1. The Morgan fingerprint density at radius 1 is 1.08 bits per heavy atom. The van der Waals surface area contributed by atoms with Gasteiger partial charge in [-0.05, 0) is 50.0 Å². The Morgan fingerprint density at radius 3 is 2.31 bits per heavy atom. The van der Waals surface area contributed by atoms with E-state index in [2.05, 4.69) is 51.9 Å². The molecule has 3 rings (SSSR count). The van der Waals surface area contributed by atoms with Crippen LogP contribution in [0.3, 0.4) is 0 Å². The number of nitrogens with zero attached hydrogens (tertiary/aromatic N) is 2. The molecule has 0 radical (unpaired) electrons. The third kappa shape index (κ3) is 12.8. The minimum absolute atomic E-state index is 0.0163. The molecular weight excluding hydrogens is 511 g/mol. The number of aromatic nitrogens is 2. The maximum atomic E-state index is 12.9. The number of hydrogen-bond donors (Lipinski definition) is 4. The number of aliphatic carboxylic acids is 1. The van der Waals surface area contributed by atoms with Gasteiger partial charge in [0.1, 0.15) is 11.9 Å². The monoisotopic (exact) mass is 551 g/mol. The molecule has 0 bridgehead atoms. The molecule has 39 heavy (non-hydrogen) atoms. The van der Waals surface area contributed by atoms with E-state index in [-0.39, 0.29) is 11.9 Å². The van der Waals surface area contributed by atoms with E-state index in [1.807, 2.05) is 31.2 Å². The topological polar surface area (TPSA) is 116 Å². The van der Waals surface area contributed by atoms with Gasteiger partial charge in [0.25, 0.3) is 0 Å². The lowest BCUT2D eigenvalue weighted by atomic mass is 9.89. The molecule has 8 nitrogen and oxygen atoms in total. The van der Waals surface area contributed by atoms with E-state index in [9.17, 15) is 18.0 Å². The molecule has 11 heteroatoms. The largest absolute Gasteiger partial charge is 0.490 e. The van der Waals surface area contributed by atoms with Crippen molar-refractivity contribution >= 4 is 23.6 Å². The van der Waals surface area contributed by atoms with Crippen LogP contribution in [0.4, 0.5) is 24.9 Å². The predicted octanol–water partition coefficient (Wildman–Crippen LogP) is 5.60. The number of carboxylic acid groups (broad SMARTS) is 1. The summed E-state index contributed by atoms with van der Waals surface area (Å²) in [6.07, 6.45) is 3.05. The Hall–Kier alpha value is -3.37. The summed E-state index contributed by atoms with van der Waals surface area (Å²) in [5.41, 5.74) is 2.11. The summed E-state index contributed by atoms with van der Waals surface area (Å²) in [5, 5.41) is 17.0. The highest BCUT2D eigenvalue weighted by Crippen LogP contribution is 2.24.